The fourth-order valence-corrected chi connectivity index (χ4v) is 2.01. The van der Waals surface area contributed by atoms with Gasteiger partial charge in [0, 0.05) is 16.6 Å². The second kappa shape index (κ2) is 6.17. The lowest BCUT2D eigenvalue weighted by Gasteiger charge is -2.06. The summed E-state index contributed by atoms with van der Waals surface area (Å²) in [5.41, 5.74) is 2.78. The highest BCUT2D eigenvalue weighted by Crippen LogP contribution is 2.14. The maximum absolute atomic E-state index is 12.0. The number of nitrogens with zero attached hydrogens (tertiary/aromatic N) is 1. The van der Waals surface area contributed by atoms with Crippen LogP contribution in [0.15, 0.2) is 48.5 Å². The highest BCUT2D eigenvalue weighted by Gasteiger charge is 2.06. The molecular weight excluding hydrogens is 304 g/mol. The largest absolute Gasteiger partial charge is 0.322 e. The molecular formula is C15H11BrN2O. The Bertz CT molecular complexity index is 647. The van der Waals surface area contributed by atoms with Gasteiger partial charge in [-0.15, -0.1) is 0 Å². The lowest BCUT2D eigenvalue weighted by atomic mass is 10.1. The molecule has 2 aromatic rings. The van der Waals surface area contributed by atoms with Crippen molar-refractivity contribution in [1.82, 2.24) is 0 Å². The van der Waals surface area contributed by atoms with E-state index in [-0.39, 0.29) is 5.91 Å². The van der Waals surface area contributed by atoms with E-state index in [0.29, 0.717) is 11.1 Å². The van der Waals surface area contributed by atoms with Gasteiger partial charge in [-0.25, -0.2) is 0 Å². The number of carbonyl (C=O) groups is 1. The predicted octanol–water partition coefficient (Wildman–Crippen LogP) is 3.71. The van der Waals surface area contributed by atoms with Crippen LogP contribution in [0.25, 0.3) is 0 Å². The van der Waals surface area contributed by atoms with Gasteiger partial charge in [0.05, 0.1) is 11.6 Å². The van der Waals surface area contributed by atoms with Crippen molar-refractivity contribution in [2.75, 3.05) is 5.32 Å². The Labute approximate surface area is 120 Å². The second-order valence-corrected chi connectivity index (χ2v) is 4.54. The summed E-state index contributed by atoms with van der Waals surface area (Å²) in [5, 5.41) is 12.4. The van der Waals surface area contributed by atoms with Crippen LogP contribution in [0, 0.1) is 11.3 Å². The standard InChI is InChI=1S/C15H11BrN2O/c16-9-11-3-2-6-14(8-11)18-15(19)13-5-1-4-12(7-13)10-17/h1-8H,9H2,(H,18,19). The predicted molar refractivity (Wildman–Crippen MR) is 78.2 cm³/mol. The maximum atomic E-state index is 12.0. The van der Waals surface area contributed by atoms with E-state index in [2.05, 4.69) is 21.2 Å². The van der Waals surface area contributed by atoms with Gasteiger partial charge < -0.3 is 5.32 Å². The molecule has 94 valence electrons. The van der Waals surface area contributed by atoms with E-state index >= 15 is 0 Å². The zero-order valence-corrected chi connectivity index (χ0v) is 11.6. The van der Waals surface area contributed by atoms with Crippen molar-refractivity contribution in [3.8, 4) is 6.07 Å². The number of amides is 1. The summed E-state index contributed by atoms with van der Waals surface area (Å²) in [7, 11) is 0. The molecule has 0 saturated heterocycles. The molecule has 2 aromatic carbocycles. The minimum absolute atomic E-state index is 0.219. The maximum Gasteiger partial charge on any atom is 0.255 e. The van der Waals surface area contributed by atoms with Gasteiger partial charge in [-0.1, -0.05) is 34.1 Å². The van der Waals surface area contributed by atoms with E-state index in [4.69, 9.17) is 5.26 Å². The number of halogens is 1. The van der Waals surface area contributed by atoms with Crippen LogP contribution in [-0.2, 0) is 5.33 Å². The molecule has 19 heavy (non-hydrogen) atoms. The summed E-state index contributed by atoms with van der Waals surface area (Å²) in [4.78, 5) is 12.0. The molecule has 0 saturated carbocycles. The minimum atomic E-state index is -0.219. The first kappa shape index (κ1) is 13.3. The van der Waals surface area contributed by atoms with Crippen LogP contribution in [0.5, 0.6) is 0 Å². The third-order valence-electron chi connectivity index (χ3n) is 2.59. The van der Waals surface area contributed by atoms with Gasteiger partial charge in [0.25, 0.3) is 5.91 Å². The summed E-state index contributed by atoms with van der Waals surface area (Å²) < 4.78 is 0. The van der Waals surface area contributed by atoms with Gasteiger partial charge in [-0.05, 0) is 35.9 Å². The van der Waals surface area contributed by atoms with E-state index in [9.17, 15) is 4.79 Å². The molecule has 0 aliphatic heterocycles. The minimum Gasteiger partial charge on any atom is -0.322 e. The van der Waals surface area contributed by atoms with Crippen LogP contribution in [-0.4, -0.2) is 5.91 Å². The van der Waals surface area contributed by atoms with Crippen molar-refractivity contribution in [1.29, 1.82) is 5.26 Å². The van der Waals surface area contributed by atoms with Gasteiger partial charge >= 0.3 is 0 Å². The molecule has 1 N–H and O–H groups in total. The van der Waals surface area contributed by atoms with Crippen LogP contribution < -0.4 is 5.32 Å². The molecule has 0 fully saturated rings. The fraction of sp³-hybridized carbons (Fsp3) is 0.0667. The summed E-state index contributed by atoms with van der Waals surface area (Å²) in [6.45, 7) is 0. The SMILES string of the molecule is N#Cc1cccc(C(=O)Nc2cccc(CBr)c2)c1. The third kappa shape index (κ3) is 3.43. The van der Waals surface area contributed by atoms with Crippen molar-refractivity contribution in [2.45, 2.75) is 5.33 Å². The number of benzene rings is 2. The number of hydrogen-bond acceptors (Lipinski definition) is 2. The Balaban J connectivity index is 2.18. The number of rotatable bonds is 3. The van der Waals surface area contributed by atoms with E-state index in [1.165, 1.54) is 0 Å². The molecule has 2 rings (SSSR count). The molecule has 0 aliphatic carbocycles. The lowest BCUT2D eigenvalue weighted by molar-refractivity contribution is 0.102. The molecule has 0 aromatic heterocycles. The average Bonchev–Trinajstić information content (AvgIpc) is 2.47. The zero-order chi connectivity index (χ0) is 13.7. The number of carbonyl (C=O) groups excluding carboxylic acids is 1. The molecule has 0 unspecified atom stereocenters. The summed E-state index contributed by atoms with van der Waals surface area (Å²) >= 11 is 3.37. The molecule has 0 radical (unpaired) electrons. The van der Waals surface area contributed by atoms with E-state index in [1.807, 2.05) is 30.3 Å². The highest BCUT2D eigenvalue weighted by atomic mass is 79.9. The number of alkyl halides is 1. The number of hydrogen-bond donors (Lipinski definition) is 1. The van der Waals surface area contributed by atoms with Gasteiger partial charge in [0.2, 0.25) is 0 Å². The Kier molecular flexibility index (Phi) is 4.32. The average molecular weight is 315 g/mol. The number of nitriles is 1. The van der Waals surface area contributed by atoms with Crippen molar-refractivity contribution in [3.63, 3.8) is 0 Å². The normalized spacial score (nSPS) is 9.68. The number of anilines is 1. The highest BCUT2D eigenvalue weighted by molar-refractivity contribution is 9.08. The van der Waals surface area contributed by atoms with Crippen molar-refractivity contribution in [3.05, 3.63) is 65.2 Å². The van der Waals surface area contributed by atoms with E-state index in [0.717, 1.165) is 16.6 Å². The van der Waals surface area contributed by atoms with Gasteiger partial charge in [-0.2, -0.15) is 5.26 Å². The van der Waals surface area contributed by atoms with Crippen molar-refractivity contribution >= 4 is 27.5 Å². The summed E-state index contributed by atoms with van der Waals surface area (Å²) in [6, 6.07) is 16.2. The van der Waals surface area contributed by atoms with Gasteiger partial charge in [0.1, 0.15) is 0 Å². The molecule has 3 nitrogen and oxygen atoms in total. The van der Waals surface area contributed by atoms with E-state index < -0.39 is 0 Å². The monoisotopic (exact) mass is 314 g/mol. The molecule has 0 aliphatic rings. The molecule has 4 heteroatoms. The zero-order valence-electron chi connectivity index (χ0n) is 10.1. The van der Waals surface area contributed by atoms with Crippen LogP contribution in [0.1, 0.15) is 21.5 Å². The van der Waals surface area contributed by atoms with E-state index in [1.54, 1.807) is 24.3 Å². The second-order valence-electron chi connectivity index (χ2n) is 3.98. The Hall–Kier alpha value is -2.12. The quantitative estimate of drug-likeness (QED) is 0.878. The van der Waals surface area contributed by atoms with Gasteiger partial charge in [-0.3, -0.25) is 4.79 Å². The smallest absolute Gasteiger partial charge is 0.255 e. The molecule has 0 spiro atoms. The van der Waals surface area contributed by atoms with Crippen LogP contribution in [0.4, 0.5) is 5.69 Å². The Morgan fingerprint density at radius 3 is 2.74 bits per heavy atom. The first-order valence-electron chi connectivity index (χ1n) is 5.69. The molecule has 0 heterocycles. The van der Waals surface area contributed by atoms with Crippen molar-refractivity contribution in [2.24, 2.45) is 0 Å². The summed E-state index contributed by atoms with van der Waals surface area (Å²) in [5.74, 6) is -0.219. The topological polar surface area (TPSA) is 52.9 Å². The van der Waals surface area contributed by atoms with Crippen LogP contribution >= 0.6 is 15.9 Å². The van der Waals surface area contributed by atoms with Gasteiger partial charge in [0.15, 0.2) is 0 Å². The Morgan fingerprint density at radius 1 is 1.21 bits per heavy atom. The van der Waals surface area contributed by atoms with Crippen LogP contribution in [0.3, 0.4) is 0 Å². The van der Waals surface area contributed by atoms with Crippen molar-refractivity contribution < 1.29 is 4.79 Å². The summed E-state index contributed by atoms with van der Waals surface area (Å²) in [6.07, 6.45) is 0. The third-order valence-corrected chi connectivity index (χ3v) is 3.24. The molecule has 0 bridgehead atoms. The first-order chi connectivity index (χ1) is 9.22. The molecule has 0 atom stereocenters. The Morgan fingerprint density at radius 2 is 2.00 bits per heavy atom. The van der Waals surface area contributed by atoms with Crippen LogP contribution in [0.2, 0.25) is 0 Å². The lowest BCUT2D eigenvalue weighted by Crippen LogP contribution is -2.12. The number of nitrogens with one attached hydrogen (secondary N) is 1. The first-order valence-corrected chi connectivity index (χ1v) is 6.81. The fourth-order valence-electron chi connectivity index (χ4n) is 1.67. The molecule has 1 amide bonds.